The number of aromatic nitrogens is 1. The van der Waals surface area contributed by atoms with E-state index in [0.717, 1.165) is 10.0 Å². The predicted octanol–water partition coefficient (Wildman–Crippen LogP) is 3.91. The van der Waals surface area contributed by atoms with Crippen molar-refractivity contribution in [1.82, 2.24) is 10.3 Å². The van der Waals surface area contributed by atoms with Crippen LogP contribution in [0.25, 0.3) is 10.9 Å². The van der Waals surface area contributed by atoms with E-state index in [4.69, 9.17) is 0 Å². The van der Waals surface area contributed by atoms with Gasteiger partial charge in [-0.05, 0) is 30.7 Å². The average Bonchev–Trinajstić information content (AvgIpc) is 3.08. The van der Waals surface area contributed by atoms with Crippen molar-refractivity contribution >= 4 is 50.0 Å². The number of nitrogens with one attached hydrogen (secondary N) is 3. The highest BCUT2D eigenvalue weighted by Crippen LogP contribution is 2.25. The number of anilines is 1. The van der Waals surface area contributed by atoms with E-state index in [0.29, 0.717) is 16.6 Å². The van der Waals surface area contributed by atoms with E-state index in [9.17, 15) is 19.7 Å². The van der Waals surface area contributed by atoms with Crippen LogP contribution in [0.3, 0.4) is 0 Å². The maximum Gasteiger partial charge on any atom is 0.293 e. The number of carbonyl (C=O) groups excluding carboxylic acids is 2. The summed E-state index contributed by atoms with van der Waals surface area (Å²) in [6.45, 7) is 2.02. The highest BCUT2D eigenvalue weighted by molar-refractivity contribution is 9.10. The van der Waals surface area contributed by atoms with Gasteiger partial charge >= 0.3 is 0 Å². The van der Waals surface area contributed by atoms with Crippen LogP contribution in [0.4, 0.5) is 11.4 Å². The molecule has 0 aliphatic heterocycles. The van der Waals surface area contributed by atoms with Crippen molar-refractivity contribution in [2.75, 3.05) is 11.9 Å². The Kier molecular flexibility index (Phi) is 5.74. The van der Waals surface area contributed by atoms with Gasteiger partial charge < -0.3 is 15.6 Å². The lowest BCUT2D eigenvalue weighted by atomic mass is 10.2. The molecule has 0 saturated carbocycles. The summed E-state index contributed by atoms with van der Waals surface area (Å²) in [5.74, 6) is -0.661. The second-order valence-corrected chi connectivity index (χ2v) is 7.11. The Morgan fingerprint density at radius 3 is 2.75 bits per heavy atom. The van der Waals surface area contributed by atoms with Crippen LogP contribution in [-0.4, -0.2) is 28.3 Å². The van der Waals surface area contributed by atoms with Crippen molar-refractivity contribution in [2.45, 2.75) is 13.3 Å². The van der Waals surface area contributed by atoms with Gasteiger partial charge in [0.1, 0.15) is 11.2 Å². The van der Waals surface area contributed by atoms with Gasteiger partial charge in [0, 0.05) is 34.6 Å². The minimum absolute atomic E-state index is 0.0953. The van der Waals surface area contributed by atoms with E-state index < -0.39 is 10.8 Å². The molecule has 0 bridgehead atoms. The van der Waals surface area contributed by atoms with Crippen molar-refractivity contribution in [3.05, 3.63) is 68.3 Å². The summed E-state index contributed by atoms with van der Waals surface area (Å²) in [7, 11) is 0. The number of non-ortho nitro benzene ring substituents is 1. The Labute approximate surface area is 168 Å². The fourth-order valence-electron chi connectivity index (χ4n) is 2.74. The Balaban J connectivity index is 1.59. The number of aryl methyl sites for hydroxylation is 1. The van der Waals surface area contributed by atoms with Crippen LogP contribution in [0.2, 0.25) is 0 Å². The number of carbonyl (C=O) groups is 2. The molecular formula is C19H17BrN4O4. The van der Waals surface area contributed by atoms with Crippen molar-refractivity contribution in [3.8, 4) is 0 Å². The molecular weight excluding hydrogens is 428 g/mol. The zero-order valence-electron chi connectivity index (χ0n) is 14.9. The highest BCUT2D eigenvalue weighted by atomic mass is 79.9. The predicted molar refractivity (Wildman–Crippen MR) is 109 cm³/mol. The SMILES string of the molecule is Cc1ccc(Br)cc1NC(=O)CCNC(=O)c1cc2cccc([N+](=O)[O-])c2[nH]1. The van der Waals surface area contributed by atoms with Crippen LogP contribution in [0.5, 0.6) is 0 Å². The molecule has 0 atom stereocenters. The Bertz CT molecular complexity index is 1080. The van der Waals surface area contributed by atoms with Gasteiger partial charge in [-0.2, -0.15) is 0 Å². The molecule has 0 saturated heterocycles. The maximum absolute atomic E-state index is 12.3. The zero-order valence-corrected chi connectivity index (χ0v) is 16.5. The van der Waals surface area contributed by atoms with E-state index >= 15 is 0 Å². The van der Waals surface area contributed by atoms with Gasteiger partial charge in [0.2, 0.25) is 5.91 Å². The number of para-hydroxylation sites is 1. The molecule has 0 aliphatic rings. The number of hydrogen-bond acceptors (Lipinski definition) is 4. The molecule has 0 aliphatic carbocycles. The van der Waals surface area contributed by atoms with Crippen LogP contribution in [0, 0.1) is 17.0 Å². The first-order valence-electron chi connectivity index (χ1n) is 8.45. The van der Waals surface area contributed by atoms with Crippen LogP contribution in [0.15, 0.2) is 46.9 Å². The number of aromatic amines is 1. The molecule has 144 valence electrons. The Morgan fingerprint density at radius 1 is 1.21 bits per heavy atom. The molecule has 8 nitrogen and oxygen atoms in total. The van der Waals surface area contributed by atoms with Crippen molar-refractivity contribution in [1.29, 1.82) is 0 Å². The van der Waals surface area contributed by atoms with E-state index in [-0.39, 0.29) is 30.3 Å². The minimum atomic E-state index is -0.505. The molecule has 9 heteroatoms. The summed E-state index contributed by atoms with van der Waals surface area (Å²) in [6, 6.07) is 11.7. The topological polar surface area (TPSA) is 117 Å². The monoisotopic (exact) mass is 444 g/mol. The smallest absolute Gasteiger partial charge is 0.293 e. The van der Waals surface area contributed by atoms with Crippen molar-refractivity contribution < 1.29 is 14.5 Å². The first kappa shape index (κ1) is 19.6. The highest BCUT2D eigenvalue weighted by Gasteiger charge is 2.17. The summed E-state index contributed by atoms with van der Waals surface area (Å²) in [4.78, 5) is 37.7. The van der Waals surface area contributed by atoms with E-state index in [1.54, 1.807) is 18.2 Å². The molecule has 2 aromatic carbocycles. The molecule has 0 unspecified atom stereocenters. The third-order valence-electron chi connectivity index (χ3n) is 4.19. The minimum Gasteiger partial charge on any atom is -0.350 e. The van der Waals surface area contributed by atoms with Gasteiger partial charge in [0.25, 0.3) is 11.6 Å². The molecule has 2 amide bonds. The molecule has 3 rings (SSSR count). The van der Waals surface area contributed by atoms with Gasteiger partial charge in [-0.15, -0.1) is 0 Å². The first-order valence-corrected chi connectivity index (χ1v) is 9.25. The number of fused-ring (bicyclic) bond motifs is 1. The number of rotatable bonds is 6. The first-order chi connectivity index (χ1) is 13.3. The van der Waals surface area contributed by atoms with Gasteiger partial charge in [-0.25, -0.2) is 0 Å². The number of nitro groups is 1. The Morgan fingerprint density at radius 2 is 2.00 bits per heavy atom. The third kappa shape index (κ3) is 4.37. The van der Waals surface area contributed by atoms with Crippen molar-refractivity contribution in [2.24, 2.45) is 0 Å². The number of nitro benzene ring substituents is 1. The standard InChI is InChI=1S/C19H17BrN4O4/c1-11-5-6-13(20)10-14(11)22-17(25)7-8-21-19(26)15-9-12-3-2-4-16(24(27)28)18(12)23-15/h2-6,9-10,23H,7-8H2,1H3,(H,21,26)(H,22,25). The van der Waals surface area contributed by atoms with Crippen LogP contribution in [-0.2, 0) is 4.79 Å². The zero-order chi connectivity index (χ0) is 20.3. The fraction of sp³-hybridized carbons (Fsp3) is 0.158. The molecule has 1 heterocycles. The lowest BCUT2D eigenvalue weighted by Gasteiger charge is -2.09. The average molecular weight is 445 g/mol. The molecule has 3 aromatic rings. The van der Waals surface area contributed by atoms with Gasteiger partial charge in [0.05, 0.1) is 4.92 Å². The lowest BCUT2D eigenvalue weighted by molar-refractivity contribution is -0.383. The van der Waals surface area contributed by atoms with E-state index in [1.807, 2.05) is 25.1 Å². The number of halogens is 1. The lowest BCUT2D eigenvalue weighted by Crippen LogP contribution is -2.28. The molecule has 0 fully saturated rings. The largest absolute Gasteiger partial charge is 0.350 e. The number of benzene rings is 2. The normalized spacial score (nSPS) is 10.6. The van der Waals surface area contributed by atoms with Crippen LogP contribution in [0.1, 0.15) is 22.5 Å². The van der Waals surface area contributed by atoms with E-state index in [2.05, 4.69) is 31.5 Å². The number of amides is 2. The van der Waals surface area contributed by atoms with Crippen LogP contribution < -0.4 is 10.6 Å². The molecule has 3 N–H and O–H groups in total. The Hall–Kier alpha value is -3.20. The molecule has 1 aromatic heterocycles. The number of H-pyrrole nitrogens is 1. The van der Waals surface area contributed by atoms with Gasteiger partial charge in [0.15, 0.2) is 0 Å². The molecule has 0 radical (unpaired) electrons. The third-order valence-corrected chi connectivity index (χ3v) is 4.68. The number of nitrogens with zero attached hydrogens (tertiary/aromatic N) is 1. The summed E-state index contributed by atoms with van der Waals surface area (Å²) < 4.78 is 0.856. The number of hydrogen-bond donors (Lipinski definition) is 3. The fourth-order valence-corrected chi connectivity index (χ4v) is 3.10. The summed E-state index contributed by atoms with van der Waals surface area (Å²) in [5.41, 5.74) is 2.03. The van der Waals surface area contributed by atoms with Gasteiger partial charge in [-0.3, -0.25) is 19.7 Å². The van der Waals surface area contributed by atoms with Crippen molar-refractivity contribution in [3.63, 3.8) is 0 Å². The summed E-state index contributed by atoms with van der Waals surface area (Å²) in [5, 5.41) is 17.1. The maximum atomic E-state index is 12.3. The van der Waals surface area contributed by atoms with Crippen LogP contribution >= 0.6 is 15.9 Å². The summed E-state index contributed by atoms with van der Waals surface area (Å²) >= 11 is 3.36. The molecule has 28 heavy (non-hydrogen) atoms. The summed E-state index contributed by atoms with van der Waals surface area (Å²) in [6.07, 6.45) is 0.0953. The second kappa shape index (κ2) is 8.22. The molecule has 0 spiro atoms. The van der Waals surface area contributed by atoms with Gasteiger partial charge in [-0.1, -0.05) is 34.1 Å². The quantitative estimate of drug-likeness (QED) is 0.394. The van der Waals surface area contributed by atoms with E-state index in [1.165, 1.54) is 6.07 Å². The second-order valence-electron chi connectivity index (χ2n) is 6.19.